The lowest BCUT2D eigenvalue weighted by Crippen LogP contribution is -2.10. The number of aliphatic carboxylic acids is 1. The van der Waals surface area contributed by atoms with Crippen molar-refractivity contribution in [3.63, 3.8) is 0 Å². The van der Waals surface area contributed by atoms with Gasteiger partial charge in [0.1, 0.15) is 10.8 Å². The molecule has 1 heterocycles. The van der Waals surface area contributed by atoms with Crippen LogP contribution in [0, 0.1) is 0 Å². The molecule has 1 aromatic heterocycles. The predicted molar refractivity (Wildman–Crippen MR) is 124 cm³/mol. The van der Waals surface area contributed by atoms with E-state index in [4.69, 9.17) is 42.8 Å². The lowest BCUT2D eigenvalue weighted by atomic mass is 9.97. The zero-order valence-electron chi connectivity index (χ0n) is 17.5. The molecule has 0 unspecified atom stereocenters. The van der Waals surface area contributed by atoms with Gasteiger partial charge in [0.2, 0.25) is 0 Å². The van der Waals surface area contributed by atoms with Gasteiger partial charge in [-0.2, -0.15) is 0 Å². The van der Waals surface area contributed by atoms with Gasteiger partial charge in [0.25, 0.3) is 0 Å². The number of carbonyl (C=O) groups is 2. The van der Waals surface area contributed by atoms with Crippen molar-refractivity contribution in [1.82, 2.24) is 4.98 Å². The molecule has 8 heteroatoms. The normalized spacial score (nSPS) is 10.6. The first kappa shape index (κ1) is 23.6. The number of hydrogen-bond donors (Lipinski definition) is 1. The van der Waals surface area contributed by atoms with E-state index in [1.165, 1.54) is 0 Å². The number of ether oxygens (including phenoxy) is 2. The summed E-state index contributed by atoms with van der Waals surface area (Å²) in [6.07, 6.45) is 0.578. The van der Waals surface area contributed by atoms with Crippen LogP contribution >= 0.6 is 23.2 Å². The van der Waals surface area contributed by atoms with Crippen molar-refractivity contribution in [2.75, 3.05) is 13.2 Å². The summed E-state index contributed by atoms with van der Waals surface area (Å²) < 4.78 is 10.4. The van der Waals surface area contributed by atoms with Crippen LogP contribution in [0.3, 0.4) is 0 Å². The molecule has 0 spiro atoms. The van der Waals surface area contributed by atoms with Gasteiger partial charge in [-0.1, -0.05) is 60.5 Å². The van der Waals surface area contributed by atoms with E-state index in [2.05, 4.69) is 0 Å². The Kier molecular flexibility index (Phi) is 7.72. The van der Waals surface area contributed by atoms with Crippen molar-refractivity contribution >= 4 is 35.1 Å². The van der Waals surface area contributed by atoms with Crippen molar-refractivity contribution in [3.05, 3.63) is 69.7 Å². The van der Waals surface area contributed by atoms with Crippen molar-refractivity contribution in [2.45, 2.75) is 20.3 Å². The smallest absolute Gasteiger partial charge is 0.341 e. The van der Waals surface area contributed by atoms with Crippen molar-refractivity contribution < 1.29 is 24.2 Å². The minimum atomic E-state index is -1.13. The number of carbonyl (C=O) groups excluding carboxylic acids is 1. The fourth-order valence-corrected chi connectivity index (χ4v) is 3.67. The fourth-order valence-electron chi connectivity index (χ4n) is 3.20. The number of nitrogens with zero attached hydrogens (tertiary/aromatic N) is 1. The number of aromatic nitrogens is 1. The molecule has 0 bridgehead atoms. The van der Waals surface area contributed by atoms with Crippen LogP contribution in [0.2, 0.25) is 10.0 Å². The maximum absolute atomic E-state index is 12.7. The SMILES string of the molecule is CCOC(=O)c1cc(CC)c(-c2ccc(OCC(=O)O)c(Cl)c2Cl)nc1-c1ccccc1. The Morgan fingerprint density at radius 2 is 1.72 bits per heavy atom. The first-order valence-corrected chi connectivity index (χ1v) is 10.7. The third kappa shape index (κ3) is 5.03. The van der Waals surface area contributed by atoms with E-state index in [1.54, 1.807) is 25.1 Å². The molecular weight excluding hydrogens is 453 g/mol. The number of esters is 1. The summed E-state index contributed by atoms with van der Waals surface area (Å²) in [6, 6.07) is 14.3. The number of rotatable bonds is 8. The number of carboxylic acid groups (broad SMARTS) is 1. The summed E-state index contributed by atoms with van der Waals surface area (Å²) in [5.74, 6) is -1.42. The highest BCUT2D eigenvalue weighted by molar-refractivity contribution is 6.44. The molecule has 2 aromatic carbocycles. The molecular formula is C24H21Cl2NO5. The molecule has 0 fully saturated rings. The standard InChI is InChI=1S/C24H21Cl2NO5/c1-3-14-12-17(24(30)31-4-2)23(15-8-6-5-7-9-15)27-22(14)16-10-11-18(21(26)20(16)25)32-13-19(28)29/h5-12H,3-4,13H2,1-2H3,(H,28,29). The van der Waals surface area contributed by atoms with Crippen LogP contribution in [0.1, 0.15) is 29.8 Å². The van der Waals surface area contributed by atoms with Gasteiger partial charge in [-0.25, -0.2) is 14.6 Å². The van der Waals surface area contributed by atoms with E-state index in [0.29, 0.717) is 28.9 Å². The minimum absolute atomic E-state index is 0.0880. The fraction of sp³-hybridized carbons (Fsp3) is 0.208. The van der Waals surface area contributed by atoms with Crippen LogP contribution in [0.25, 0.3) is 22.5 Å². The van der Waals surface area contributed by atoms with Crippen LogP contribution in [0.15, 0.2) is 48.5 Å². The molecule has 3 aromatic rings. The molecule has 166 valence electrons. The third-order valence-electron chi connectivity index (χ3n) is 4.68. The van der Waals surface area contributed by atoms with Crippen LogP contribution in [-0.4, -0.2) is 35.2 Å². The summed E-state index contributed by atoms with van der Waals surface area (Å²) in [7, 11) is 0. The molecule has 32 heavy (non-hydrogen) atoms. The zero-order chi connectivity index (χ0) is 23.3. The maximum atomic E-state index is 12.7. The van der Waals surface area contributed by atoms with E-state index in [1.807, 2.05) is 37.3 Å². The molecule has 6 nitrogen and oxygen atoms in total. The highest BCUT2D eigenvalue weighted by Crippen LogP contribution is 2.41. The Morgan fingerprint density at radius 3 is 2.34 bits per heavy atom. The quantitative estimate of drug-likeness (QED) is 0.408. The molecule has 0 saturated carbocycles. The van der Waals surface area contributed by atoms with Crippen LogP contribution in [0.4, 0.5) is 0 Å². The number of pyridine rings is 1. The lowest BCUT2D eigenvalue weighted by Gasteiger charge is -2.17. The lowest BCUT2D eigenvalue weighted by molar-refractivity contribution is -0.139. The number of hydrogen-bond acceptors (Lipinski definition) is 5. The molecule has 0 atom stereocenters. The molecule has 0 aliphatic carbocycles. The third-order valence-corrected chi connectivity index (χ3v) is 5.54. The Hall–Kier alpha value is -3.09. The van der Waals surface area contributed by atoms with E-state index in [-0.39, 0.29) is 22.4 Å². The molecule has 3 rings (SSSR count). The van der Waals surface area contributed by atoms with Crippen molar-refractivity contribution in [1.29, 1.82) is 0 Å². The van der Waals surface area contributed by atoms with Gasteiger partial charge in [0.15, 0.2) is 6.61 Å². The Bertz CT molecular complexity index is 1150. The number of carboxylic acids is 1. The molecule has 1 N–H and O–H groups in total. The zero-order valence-corrected chi connectivity index (χ0v) is 19.0. The summed E-state index contributed by atoms with van der Waals surface area (Å²) >= 11 is 12.9. The molecule has 0 radical (unpaired) electrons. The van der Waals surface area contributed by atoms with Gasteiger partial charge < -0.3 is 14.6 Å². The number of aryl methyl sites for hydroxylation is 1. The summed E-state index contributed by atoms with van der Waals surface area (Å²) in [4.78, 5) is 28.3. The second kappa shape index (κ2) is 10.5. The molecule has 0 aliphatic rings. The van der Waals surface area contributed by atoms with Crippen molar-refractivity contribution in [3.8, 4) is 28.3 Å². The predicted octanol–water partition coefficient (Wildman–Crippen LogP) is 5.92. The monoisotopic (exact) mass is 473 g/mol. The average molecular weight is 474 g/mol. The molecule has 0 aliphatic heterocycles. The van der Waals surface area contributed by atoms with Gasteiger partial charge in [-0.05, 0) is 37.1 Å². The minimum Gasteiger partial charge on any atom is -0.480 e. The number of halogens is 2. The van der Waals surface area contributed by atoms with Gasteiger partial charge in [0, 0.05) is 11.1 Å². The average Bonchev–Trinajstić information content (AvgIpc) is 2.80. The maximum Gasteiger partial charge on any atom is 0.341 e. The topological polar surface area (TPSA) is 85.7 Å². The molecule has 0 amide bonds. The van der Waals surface area contributed by atoms with E-state index in [0.717, 1.165) is 11.1 Å². The molecule has 0 saturated heterocycles. The van der Waals surface area contributed by atoms with Crippen molar-refractivity contribution in [2.24, 2.45) is 0 Å². The largest absolute Gasteiger partial charge is 0.480 e. The highest BCUT2D eigenvalue weighted by atomic mass is 35.5. The van der Waals surface area contributed by atoms with Gasteiger partial charge in [0.05, 0.1) is 28.6 Å². The van der Waals surface area contributed by atoms with E-state index >= 15 is 0 Å². The first-order chi connectivity index (χ1) is 15.4. The Balaban J connectivity index is 2.19. The van der Waals surface area contributed by atoms with Crippen LogP contribution < -0.4 is 4.74 Å². The summed E-state index contributed by atoms with van der Waals surface area (Å²) in [5, 5.41) is 9.10. The van der Waals surface area contributed by atoms with E-state index < -0.39 is 18.5 Å². The van der Waals surface area contributed by atoms with Gasteiger partial charge in [-0.3, -0.25) is 0 Å². The van der Waals surface area contributed by atoms with E-state index in [9.17, 15) is 9.59 Å². The number of benzene rings is 2. The second-order valence-corrected chi connectivity index (χ2v) is 7.51. The first-order valence-electron chi connectivity index (χ1n) is 9.96. The Morgan fingerprint density at radius 1 is 1.00 bits per heavy atom. The van der Waals surface area contributed by atoms with Crippen LogP contribution in [0.5, 0.6) is 5.75 Å². The Labute approximate surface area is 195 Å². The van der Waals surface area contributed by atoms with Gasteiger partial charge in [-0.15, -0.1) is 0 Å². The summed E-state index contributed by atoms with van der Waals surface area (Å²) in [5.41, 5.74) is 3.48. The second-order valence-electron chi connectivity index (χ2n) is 6.75. The van der Waals surface area contributed by atoms with Gasteiger partial charge >= 0.3 is 11.9 Å². The van der Waals surface area contributed by atoms with Crippen LogP contribution in [-0.2, 0) is 16.0 Å². The summed E-state index contributed by atoms with van der Waals surface area (Å²) in [6.45, 7) is 3.39. The highest BCUT2D eigenvalue weighted by Gasteiger charge is 2.22.